The molecular weight excluding hydrogens is 841 g/mol. The average Bonchev–Trinajstić information content (AvgIpc) is 4.16. The monoisotopic (exact) mass is 902 g/mol. The van der Waals surface area contributed by atoms with Crippen molar-refractivity contribution in [2.45, 2.75) is 82.8 Å². The number of nitro groups is 1. The van der Waals surface area contributed by atoms with Crippen molar-refractivity contribution in [2.24, 2.45) is 22.9 Å². The zero-order valence-corrected chi connectivity index (χ0v) is 37.8. The summed E-state index contributed by atoms with van der Waals surface area (Å²) in [7, 11) is 0. The lowest BCUT2D eigenvalue weighted by molar-refractivity contribution is -0.384. The molecule has 4 aromatic carbocycles. The number of carbonyl (C=O) groups excluding carboxylic acids is 1. The number of nitrogens with zero attached hydrogens (tertiary/aromatic N) is 4. The molecule has 14 nitrogen and oxygen atoms in total. The van der Waals surface area contributed by atoms with Crippen LogP contribution in [-0.2, 0) is 27.5 Å². The first kappa shape index (κ1) is 46.7. The van der Waals surface area contributed by atoms with E-state index >= 15 is 0 Å². The van der Waals surface area contributed by atoms with Gasteiger partial charge in [0, 0.05) is 62.9 Å². The van der Waals surface area contributed by atoms with E-state index in [4.69, 9.17) is 28.9 Å². The van der Waals surface area contributed by atoms with Crippen LogP contribution < -0.4 is 9.47 Å². The Hall–Kier alpha value is -5.80. The van der Waals surface area contributed by atoms with Crippen LogP contribution in [0.3, 0.4) is 0 Å². The molecule has 6 atom stereocenters. The largest absolute Gasteiger partial charge is 0.492 e. The van der Waals surface area contributed by atoms with Crippen LogP contribution in [-0.4, -0.2) is 101 Å². The minimum absolute atomic E-state index is 0.0210. The second-order valence-electron chi connectivity index (χ2n) is 17.6. The van der Waals surface area contributed by atoms with Crippen molar-refractivity contribution < 1.29 is 43.7 Å². The molecule has 6 unspecified atom stereocenters. The Kier molecular flexibility index (Phi) is 15.3. The third-order valence-corrected chi connectivity index (χ3v) is 13.5. The lowest BCUT2D eigenvalue weighted by Gasteiger charge is -2.59. The van der Waals surface area contributed by atoms with Gasteiger partial charge in [0.1, 0.15) is 30.8 Å². The molecule has 1 amide bonds. The number of rotatable bonds is 23. The summed E-state index contributed by atoms with van der Waals surface area (Å²) in [4.78, 5) is 36.0. The summed E-state index contributed by atoms with van der Waals surface area (Å²) < 4.78 is 26.9. The standard InChI is InChI=1S/C52H62N4O10/c1-3-29-64-52-48(55(51(59)62-4-2)34-39-15-11-14-37-12-5-6-16-42(37)39)33-46(53-65-35-36-18-20-40(21-19-36)56(60)61)44-31-38(13-7-9-27-57)43(17-8-10-28-58)49(50(44)52)45-32-41(22-23-47(45)66-52)63-30-26-54-24-25-54/h3,5-6,11-12,14-16,18-23,31-32,38,43,48-50,57-58H,1,4,7-10,13,17,24-30,33-35H2,2H3. The number of aliphatic hydroxyl groups excluding tert-OH is 2. The topological polar surface area (TPSA) is 165 Å². The second-order valence-corrected chi connectivity index (χ2v) is 17.6. The highest BCUT2D eigenvalue weighted by atomic mass is 16.7. The Balaban J connectivity index is 1.32. The summed E-state index contributed by atoms with van der Waals surface area (Å²) in [5, 5.41) is 38.4. The van der Waals surface area contributed by atoms with Crippen molar-refractivity contribution in [3.05, 3.63) is 136 Å². The van der Waals surface area contributed by atoms with E-state index in [1.54, 1.807) is 30.0 Å². The number of hydrogen-bond acceptors (Lipinski definition) is 12. The van der Waals surface area contributed by atoms with E-state index in [9.17, 15) is 25.1 Å². The molecule has 2 N–H and O–H groups in total. The van der Waals surface area contributed by atoms with Crippen LogP contribution in [0.25, 0.3) is 10.8 Å². The molecule has 66 heavy (non-hydrogen) atoms. The van der Waals surface area contributed by atoms with Crippen molar-refractivity contribution in [1.82, 2.24) is 9.80 Å². The number of nitro benzene ring substituents is 1. The van der Waals surface area contributed by atoms with Gasteiger partial charge in [-0.25, -0.2) is 4.79 Å². The van der Waals surface area contributed by atoms with Crippen LogP contribution in [0.5, 0.6) is 11.5 Å². The Morgan fingerprint density at radius 3 is 2.53 bits per heavy atom. The number of hydrogen-bond donors (Lipinski definition) is 2. The third-order valence-electron chi connectivity index (χ3n) is 13.5. The number of non-ortho nitro benzene ring substituents is 1. The van der Waals surface area contributed by atoms with E-state index in [0.717, 1.165) is 78.5 Å². The van der Waals surface area contributed by atoms with Gasteiger partial charge >= 0.3 is 6.09 Å². The quantitative estimate of drug-likeness (QED) is 0.0240. The maximum atomic E-state index is 14.8. The van der Waals surface area contributed by atoms with E-state index in [1.807, 2.05) is 36.4 Å². The van der Waals surface area contributed by atoms with Gasteiger partial charge in [-0.2, -0.15) is 0 Å². The predicted molar refractivity (Wildman–Crippen MR) is 251 cm³/mol. The van der Waals surface area contributed by atoms with Crippen LogP contribution in [0.1, 0.15) is 74.5 Å². The fourth-order valence-electron chi connectivity index (χ4n) is 10.3. The van der Waals surface area contributed by atoms with Gasteiger partial charge < -0.3 is 34.0 Å². The van der Waals surface area contributed by atoms with Crippen molar-refractivity contribution in [3.8, 4) is 11.5 Å². The SMILES string of the molecule is C=CCOC12Oc3ccc(OCCN4CC4)cc3C3C(CCCCO)C(CCCCO)C=C(C(=NOCc4ccc([N+](=O)[O-])cc4)CC1N(Cc1cccc4ccccc14)C(=O)OCC)C32. The number of unbranched alkanes of at least 4 members (excludes halogenated alkanes) is 2. The number of aliphatic hydroxyl groups is 2. The van der Waals surface area contributed by atoms with Crippen LogP contribution in [0, 0.1) is 27.9 Å². The number of benzene rings is 4. The molecule has 0 radical (unpaired) electrons. The summed E-state index contributed by atoms with van der Waals surface area (Å²) in [6.07, 6.45) is 8.11. The minimum Gasteiger partial charge on any atom is -0.492 e. The van der Waals surface area contributed by atoms with Crippen LogP contribution in [0.4, 0.5) is 10.5 Å². The maximum Gasteiger partial charge on any atom is 0.410 e. The molecule has 4 aromatic rings. The van der Waals surface area contributed by atoms with E-state index in [0.29, 0.717) is 36.5 Å². The first-order valence-corrected chi connectivity index (χ1v) is 23.5. The fourth-order valence-corrected chi connectivity index (χ4v) is 10.3. The van der Waals surface area contributed by atoms with Crippen molar-refractivity contribution in [2.75, 3.05) is 52.7 Å². The molecule has 8 rings (SSSR count). The zero-order valence-electron chi connectivity index (χ0n) is 37.8. The number of oxime groups is 1. The smallest absolute Gasteiger partial charge is 0.410 e. The Labute approximate surface area is 386 Å². The second kappa shape index (κ2) is 21.7. The maximum absolute atomic E-state index is 14.8. The Morgan fingerprint density at radius 2 is 1.79 bits per heavy atom. The van der Waals surface area contributed by atoms with Gasteiger partial charge in [0.05, 0.1) is 36.3 Å². The van der Waals surface area contributed by atoms with E-state index in [-0.39, 0.29) is 69.4 Å². The van der Waals surface area contributed by atoms with Crippen LogP contribution in [0.2, 0.25) is 0 Å². The number of carbonyl (C=O) groups is 1. The molecule has 2 aliphatic carbocycles. The molecule has 1 saturated heterocycles. The zero-order chi connectivity index (χ0) is 46.0. The summed E-state index contributed by atoms with van der Waals surface area (Å²) in [6.45, 7) is 10.0. The van der Waals surface area contributed by atoms with Crippen molar-refractivity contribution in [1.29, 1.82) is 0 Å². The first-order chi connectivity index (χ1) is 32.3. The highest BCUT2D eigenvalue weighted by Gasteiger charge is 2.65. The highest BCUT2D eigenvalue weighted by Crippen LogP contribution is 2.62. The summed E-state index contributed by atoms with van der Waals surface area (Å²) in [5.74, 6) is -0.824. The molecule has 0 spiro atoms. The Bertz CT molecular complexity index is 2380. The molecule has 2 fully saturated rings. The number of allylic oxidation sites excluding steroid dienone is 1. The third kappa shape index (κ3) is 10.3. The van der Waals surface area contributed by atoms with Gasteiger partial charge in [-0.05, 0) is 102 Å². The van der Waals surface area contributed by atoms with E-state index in [2.05, 4.69) is 41.8 Å². The van der Waals surface area contributed by atoms with Gasteiger partial charge in [0.25, 0.3) is 5.69 Å². The molecule has 2 aliphatic heterocycles. The van der Waals surface area contributed by atoms with Gasteiger partial charge in [-0.15, -0.1) is 6.58 Å². The summed E-state index contributed by atoms with van der Waals surface area (Å²) >= 11 is 0. The van der Waals surface area contributed by atoms with Crippen LogP contribution >= 0.6 is 0 Å². The van der Waals surface area contributed by atoms with E-state index in [1.165, 1.54) is 12.1 Å². The number of amides is 1. The minimum atomic E-state index is -1.49. The number of ether oxygens (including phenoxy) is 4. The highest BCUT2D eigenvalue weighted by molar-refractivity contribution is 6.03. The normalized spacial score (nSPS) is 23.5. The molecule has 0 bridgehead atoms. The summed E-state index contributed by atoms with van der Waals surface area (Å²) in [5.41, 5.74) is 4.09. The van der Waals surface area contributed by atoms with E-state index < -0.39 is 28.8 Å². The van der Waals surface area contributed by atoms with Crippen molar-refractivity contribution in [3.63, 3.8) is 0 Å². The van der Waals surface area contributed by atoms with Crippen LogP contribution in [0.15, 0.2) is 114 Å². The molecule has 0 aromatic heterocycles. The average molecular weight is 903 g/mol. The van der Waals surface area contributed by atoms with Gasteiger partial charge in [-0.3, -0.25) is 19.9 Å². The fraction of sp³-hybridized carbons (Fsp3) is 0.462. The predicted octanol–water partition coefficient (Wildman–Crippen LogP) is 8.93. The molecule has 1 saturated carbocycles. The van der Waals surface area contributed by atoms with Gasteiger partial charge in [0.2, 0.25) is 5.79 Å². The summed E-state index contributed by atoms with van der Waals surface area (Å²) in [6, 6.07) is 25.6. The number of fused-ring (bicyclic) bond motifs is 3. The molecule has 14 heteroatoms. The molecule has 2 heterocycles. The Morgan fingerprint density at radius 1 is 1.02 bits per heavy atom. The first-order valence-electron chi connectivity index (χ1n) is 23.5. The molecular formula is C52H62N4O10. The molecule has 350 valence electrons. The van der Waals surface area contributed by atoms with Crippen molar-refractivity contribution >= 4 is 28.3 Å². The molecule has 4 aliphatic rings. The lowest BCUT2D eigenvalue weighted by atomic mass is 9.55. The van der Waals surface area contributed by atoms with Gasteiger partial charge in [-0.1, -0.05) is 72.6 Å². The lowest BCUT2D eigenvalue weighted by Crippen LogP contribution is -2.70. The van der Waals surface area contributed by atoms with Gasteiger partial charge in [0.15, 0.2) is 0 Å².